The summed E-state index contributed by atoms with van der Waals surface area (Å²) in [6.07, 6.45) is 5.56. The average Bonchev–Trinajstić information content (AvgIpc) is 3.23. The summed E-state index contributed by atoms with van der Waals surface area (Å²) in [5, 5.41) is 3.93. The summed E-state index contributed by atoms with van der Waals surface area (Å²) in [5.74, 6) is 3.55. The summed E-state index contributed by atoms with van der Waals surface area (Å²) < 4.78 is 0. The Morgan fingerprint density at radius 3 is 2.56 bits per heavy atom. The van der Waals surface area contributed by atoms with Crippen molar-refractivity contribution in [3.63, 3.8) is 0 Å². The SMILES string of the molecule is Cc1ccc(C(NC2CCCSC2)C2CC2)cc1. The molecular formula is C16H23NS. The van der Waals surface area contributed by atoms with Gasteiger partial charge in [0.25, 0.3) is 0 Å². The Balaban J connectivity index is 1.69. The van der Waals surface area contributed by atoms with Crippen molar-refractivity contribution in [1.82, 2.24) is 5.32 Å². The Morgan fingerprint density at radius 1 is 1.17 bits per heavy atom. The summed E-state index contributed by atoms with van der Waals surface area (Å²) in [6, 6.07) is 10.5. The van der Waals surface area contributed by atoms with Crippen LogP contribution in [0.1, 0.15) is 42.9 Å². The van der Waals surface area contributed by atoms with Crippen molar-refractivity contribution in [2.45, 2.75) is 44.7 Å². The summed E-state index contributed by atoms with van der Waals surface area (Å²) in [6.45, 7) is 2.17. The van der Waals surface area contributed by atoms with Gasteiger partial charge in [-0.2, -0.15) is 11.8 Å². The highest BCUT2D eigenvalue weighted by Gasteiger charge is 2.33. The zero-order chi connectivity index (χ0) is 12.4. The van der Waals surface area contributed by atoms with Crippen LogP contribution in [0.15, 0.2) is 24.3 Å². The first-order valence-corrected chi connectivity index (χ1v) is 8.39. The van der Waals surface area contributed by atoms with E-state index in [0.717, 1.165) is 12.0 Å². The number of hydrogen-bond acceptors (Lipinski definition) is 2. The fourth-order valence-corrected chi connectivity index (χ4v) is 3.92. The lowest BCUT2D eigenvalue weighted by molar-refractivity contribution is 0.402. The van der Waals surface area contributed by atoms with Crippen LogP contribution < -0.4 is 5.32 Å². The first kappa shape index (κ1) is 12.6. The monoisotopic (exact) mass is 261 g/mol. The number of nitrogens with one attached hydrogen (secondary N) is 1. The van der Waals surface area contributed by atoms with Crippen molar-refractivity contribution < 1.29 is 0 Å². The maximum absolute atomic E-state index is 3.93. The van der Waals surface area contributed by atoms with Crippen molar-refractivity contribution in [2.24, 2.45) is 5.92 Å². The molecule has 98 valence electrons. The van der Waals surface area contributed by atoms with Crippen LogP contribution in [0.2, 0.25) is 0 Å². The number of aryl methyl sites for hydroxylation is 1. The van der Waals surface area contributed by atoms with Crippen LogP contribution in [0.4, 0.5) is 0 Å². The highest BCUT2D eigenvalue weighted by atomic mass is 32.2. The predicted octanol–water partition coefficient (Wildman–Crippen LogP) is 3.93. The van der Waals surface area contributed by atoms with E-state index >= 15 is 0 Å². The van der Waals surface area contributed by atoms with Gasteiger partial charge in [0.15, 0.2) is 0 Å². The first-order chi connectivity index (χ1) is 8.83. The molecule has 1 aliphatic carbocycles. The number of benzene rings is 1. The summed E-state index contributed by atoms with van der Waals surface area (Å²) in [7, 11) is 0. The molecule has 0 spiro atoms. The van der Waals surface area contributed by atoms with Gasteiger partial charge in [0.2, 0.25) is 0 Å². The van der Waals surface area contributed by atoms with E-state index in [0.29, 0.717) is 6.04 Å². The topological polar surface area (TPSA) is 12.0 Å². The molecule has 1 heterocycles. The maximum Gasteiger partial charge on any atom is 0.0351 e. The predicted molar refractivity (Wildman–Crippen MR) is 80.1 cm³/mol. The van der Waals surface area contributed by atoms with Gasteiger partial charge >= 0.3 is 0 Å². The molecule has 0 amide bonds. The third-order valence-electron chi connectivity index (χ3n) is 4.11. The lowest BCUT2D eigenvalue weighted by Gasteiger charge is -2.28. The molecule has 1 saturated heterocycles. The van der Waals surface area contributed by atoms with Crippen LogP contribution in [-0.4, -0.2) is 17.5 Å². The van der Waals surface area contributed by atoms with E-state index in [4.69, 9.17) is 0 Å². The molecule has 1 aromatic carbocycles. The summed E-state index contributed by atoms with van der Waals surface area (Å²) in [4.78, 5) is 0. The number of rotatable bonds is 4. The molecule has 1 nitrogen and oxygen atoms in total. The smallest absolute Gasteiger partial charge is 0.0351 e. The van der Waals surface area contributed by atoms with Crippen LogP contribution in [0.3, 0.4) is 0 Å². The second-order valence-electron chi connectivity index (χ2n) is 5.81. The molecule has 2 atom stereocenters. The Kier molecular flexibility index (Phi) is 3.95. The number of thioether (sulfide) groups is 1. The van der Waals surface area contributed by atoms with E-state index < -0.39 is 0 Å². The minimum Gasteiger partial charge on any atom is -0.306 e. The molecule has 18 heavy (non-hydrogen) atoms. The van der Waals surface area contributed by atoms with Gasteiger partial charge in [0, 0.05) is 17.8 Å². The van der Waals surface area contributed by atoms with E-state index in [1.807, 2.05) is 0 Å². The molecule has 1 N–H and O–H groups in total. The molecule has 2 heteroatoms. The first-order valence-electron chi connectivity index (χ1n) is 7.23. The van der Waals surface area contributed by atoms with Crippen molar-refractivity contribution in [2.75, 3.05) is 11.5 Å². The Bertz CT molecular complexity index is 377. The van der Waals surface area contributed by atoms with E-state index in [-0.39, 0.29) is 0 Å². The van der Waals surface area contributed by atoms with Gasteiger partial charge in [-0.3, -0.25) is 0 Å². The molecule has 2 unspecified atom stereocenters. The lowest BCUT2D eigenvalue weighted by Crippen LogP contribution is -2.37. The molecule has 1 aliphatic heterocycles. The van der Waals surface area contributed by atoms with Gasteiger partial charge in [-0.05, 0) is 49.8 Å². The molecule has 0 aromatic heterocycles. The number of hydrogen-bond donors (Lipinski definition) is 1. The normalized spacial score (nSPS) is 25.9. The fraction of sp³-hybridized carbons (Fsp3) is 0.625. The highest BCUT2D eigenvalue weighted by Crippen LogP contribution is 2.41. The van der Waals surface area contributed by atoms with E-state index in [2.05, 4.69) is 48.3 Å². The molecule has 2 aliphatic rings. The molecule has 1 aromatic rings. The van der Waals surface area contributed by atoms with Gasteiger partial charge in [-0.1, -0.05) is 29.8 Å². The lowest BCUT2D eigenvalue weighted by atomic mass is 9.99. The molecule has 3 rings (SSSR count). The van der Waals surface area contributed by atoms with Crippen molar-refractivity contribution >= 4 is 11.8 Å². The van der Waals surface area contributed by atoms with Gasteiger partial charge in [0.05, 0.1) is 0 Å². The standard InChI is InChI=1S/C16H23NS/c1-12-4-6-13(7-5-12)16(14-8-9-14)17-15-3-2-10-18-11-15/h4-7,14-17H,2-3,8-11H2,1H3. The van der Waals surface area contributed by atoms with Crippen molar-refractivity contribution in [3.8, 4) is 0 Å². The Morgan fingerprint density at radius 2 is 1.94 bits per heavy atom. The van der Waals surface area contributed by atoms with Gasteiger partial charge in [0.1, 0.15) is 0 Å². The van der Waals surface area contributed by atoms with Gasteiger partial charge < -0.3 is 5.32 Å². The third kappa shape index (κ3) is 3.10. The van der Waals surface area contributed by atoms with Crippen LogP contribution in [0.25, 0.3) is 0 Å². The average molecular weight is 261 g/mol. The highest BCUT2D eigenvalue weighted by molar-refractivity contribution is 7.99. The third-order valence-corrected chi connectivity index (χ3v) is 5.32. The second-order valence-corrected chi connectivity index (χ2v) is 6.96. The summed E-state index contributed by atoms with van der Waals surface area (Å²) >= 11 is 2.11. The molecule has 0 bridgehead atoms. The second kappa shape index (κ2) is 5.66. The molecule has 0 radical (unpaired) electrons. The van der Waals surface area contributed by atoms with Gasteiger partial charge in [-0.15, -0.1) is 0 Å². The van der Waals surface area contributed by atoms with Crippen LogP contribution in [0, 0.1) is 12.8 Å². The fourth-order valence-electron chi connectivity index (χ4n) is 2.83. The Labute approximate surface area is 115 Å². The summed E-state index contributed by atoms with van der Waals surface area (Å²) in [5.41, 5.74) is 2.86. The van der Waals surface area contributed by atoms with Crippen molar-refractivity contribution in [3.05, 3.63) is 35.4 Å². The van der Waals surface area contributed by atoms with Crippen LogP contribution >= 0.6 is 11.8 Å². The van der Waals surface area contributed by atoms with E-state index in [1.165, 1.54) is 48.3 Å². The van der Waals surface area contributed by atoms with E-state index in [9.17, 15) is 0 Å². The largest absolute Gasteiger partial charge is 0.306 e. The van der Waals surface area contributed by atoms with Crippen LogP contribution in [-0.2, 0) is 0 Å². The zero-order valence-electron chi connectivity index (χ0n) is 11.2. The van der Waals surface area contributed by atoms with Gasteiger partial charge in [-0.25, -0.2) is 0 Å². The molecular weight excluding hydrogens is 238 g/mol. The minimum absolute atomic E-state index is 0.606. The minimum atomic E-state index is 0.606. The maximum atomic E-state index is 3.93. The molecule has 2 fully saturated rings. The zero-order valence-corrected chi connectivity index (χ0v) is 12.0. The quantitative estimate of drug-likeness (QED) is 0.881. The van der Waals surface area contributed by atoms with Crippen LogP contribution in [0.5, 0.6) is 0 Å². The Hall–Kier alpha value is -0.470. The van der Waals surface area contributed by atoms with E-state index in [1.54, 1.807) is 0 Å². The van der Waals surface area contributed by atoms with Crippen molar-refractivity contribution in [1.29, 1.82) is 0 Å². The molecule has 1 saturated carbocycles.